The lowest BCUT2D eigenvalue weighted by Crippen LogP contribution is -2.31. The fourth-order valence-electron chi connectivity index (χ4n) is 1.83. The van der Waals surface area contributed by atoms with E-state index in [1.165, 1.54) is 6.07 Å². The molecule has 2 aromatic carbocycles. The summed E-state index contributed by atoms with van der Waals surface area (Å²) in [5.41, 5.74) is 0.594. The van der Waals surface area contributed by atoms with E-state index < -0.39 is 28.5 Å². The molecule has 0 saturated carbocycles. The van der Waals surface area contributed by atoms with Gasteiger partial charge in [0.1, 0.15) is 10.7 Å². The zero-order chi connectivity index (χ0) is 15.5. The van der Waals surface area contributed by atoms with Crippen LogP contribution in [0.5, 0.6) is 0 Å². The van der Waals surface area contributed by atoms with Gasteiger partial charge in [0.05, 0.1) is 17.7 Å². The molecule has 2 aromatic rings. The lowest BCUT2D eigenvalue weighted by Gasteiger charge is -2.17. The Morgan fingerprint density at radius 3 is 2.48 bits per heavy atom. The lowest BCUT2D eigenvalue weighted by atomic mass is 10.1. The Labute approximate surface area is 127 Å². The van der Waals surface area contributed by atoms with Crippen molar-refractivity contribution in [1.82, 2.24) is 4.72 Å². The molecule has 0 spiro atoms. The van der Waals surface area contributed by atoms with Gasteiger partial charge in [-0.1, -0.05) is 41.9 Å². The number of aliphatic hydroxyl groups excluding tert-OH is 1. The fraction of sp³-hybridized carbons (Fsp3) is 0.143. The number of sulfonamides is 1. The first-order valence-electron chi connectivity index (χ1n) is 6.07. The Kier molecular flexibility index (Phi) is 4.95. The largest absolute Gasteiger partial charge is 0.394 e. The molecular formula is C14H13ClFNO3S. The van der Waals surface area contributed by atoms with Crippen molar-refractivity contribution in [3.05, 3.63) is 64.9 Å². The van der Waals surface area contributed by atoms with Crippen LogP contribution >= 0.6 is 11.6 Å². The van der Waals surface area contributed by atoms with Crippen LogP contribution in [0.3, 0.4) is 0 Å². The van der Waals surface area contributed by atoms with E-state index in [4.69, 9.17) is 11.6 Å². The normalized spacial score (nSPS) is 13.1. The third-order valence-corrected chi connectivity index (χ3v) is 4.82. The van der Waals surface area contributed by atoms with Gasteiger partial charge in [0, 0.05) is 0 Å². The highest BCUT2D eigenvalue weighted by Crippen LogP contribution is 2.24. The van der Waals surface area contributed by atoms with Gasteiger partial charge in [0.2, 0.25) is 10.0 Å². The van der Waals surface area contributed by atoms with E-state index in [2.05, 4.69) is 4.72 Å². The highest BCUT2D eigenvalue weighted by molar-refractivity contribution is 7.89. The second kappa shape index (κ2) is 6.53. The van der Waals surface area contributed by atoms with Crippen molar-refractivity contribution in [3.63, 3.8) is 0 Å². The number of aliphatic hydroxyl groups is 1. The molecule has 0 aliphatic carbocycles. The molecule has 4 nitrogen and oxygen atoms in total. The molecule has 21 heavy (non-hydrogen) atoms. The molecule has 0 saturated heterocycles. The van der Waals surface area contributed by atoms with E-state index in [0.29, 0.717) is 5.56 Å². The van der Waals surface area contributed by atoms with Crippen LogP contribution in [-0.4, -0.2) is 20.1 Å². The van der Waals surface area contributed by atoms with Gasteiger partial charge < -0.3 is 5.11 Å². The molecule has 1 unspecified atom stereocenters. The summed E-state index contributed by atoms with van der Waals surface area (Å²) >= 11 is 5.81. The van der Waals surface area contributed by atoms with Crippen LogP contribution in [0.25, 0.3) is 0 Å². The van der Waals surface area contributed by atoms with Crippen LogP contribution < -0.4 is 4.72 Å². The first-order valence-corrected chi connectivity index (χ1v) is 7.93. The van der Waals surface area contributed by atoms with Crippen LogP contribution in [-0.2, 0) is 10.0 Å². The van der Waals surface area contributed by atoms with E-state index in [1.54, 1.807) is 30.3 Å². The van der Waals surface area contributed by atoms with Gasteiger partial charge in [0.25, 0.3) is 0 Å². The molecule has 112 valence electrons. The Hall–Kier alpha value is -1.47. The number of hydrogen-bond acceptors (Lipinski definition) is 3. The summed E-state index contributed by atoms with van der Waals surface area (Å²) in [6.07, 6.45) is 0. The van der Waals surface area contributed by atoms with Gasteiger partial charge in [-0.25, -0.2) is 17.5 Å². The van der Waals surface area contributed by atoms with Gasteiger partial charge in [-0.2, -0.15) is 0 Å². The fourth-order valence-corrected chi connectivity index (χ4v) is 3.56. The first kappa shape index (κ1) is 15.9. The van der Waals surface area contributed by atoms with Crippen LogP contribution in [0.4, 0.5) is 4.39 Å². The zero-order valence-electron chi connectivity index (χ0n) is 10.8. The van der Waals surface area contributed by atoms with Crippen molar-refractivity contribution in [2.24, 2.45) is 0 Å². The maximum Gasteiger partial charge on any atom is 0.242 e. The SMILES string of the molecule is O=S(=O)(NC(CO)c1ccccc1)c1cc(F)ccc1Cl. The van der Waals surface area contributed by atoms with Crippen molar-refractivity contribution >= 4 is 21.6 Å². The highest BCUT2D eigenvalue weighted by atomic mass is 35.5. The highest BCUT2D eigenvalue weighted by Gasteiger charge is 2.23. The first-order chi connectivity index (χ1) is 9.94. The third-order valence-electron chi connectivity index (χ3n) is 2.86. The minimum absolute atomic E-state index is 0.0892. The molecule has 7 heteroatoms. The third kappa shape index (κ3) is 3.79. The predicted octanol–water partition coefficient (Wildman–Crippen LogP) is 2.49. The van der Waals surface area contributed by atoms with Gasteiger partial charge in [-0.05, 0) is 23.8 Å². The predicted molar refractivity (Wildman–Crippen MR) is 78.0 cm³/mol. The second-order valence-corrected chi connectivity index (χ2v) is 6.43. The van der Waals surface area contributed by atoms with Crippen molar-refractivity contribution < 1.29 is 17.9 Å². The molecule has 0 aromatic heterocycles. The Morgan fingerprint density at radius 2 is 1.86 bits per heavy atom. The summed E-state index contributed by atoms with van der Waals surface area (Å²) < 4.78 is 40.1. The lowest BCUT2D eigenvalue weighted by molar-refractivity contribution is 0.259. The molecule has 0 aliphatic heterocycles. The van der Waals surface area contributed by atoms with E-state index in [9.17, 15) is 17.9 Å². The van der Waals surface area contributed by atoms with Crippen molar-refractivity contribution in [2.75, 3.05) is 6.61 Å². The van der Waals surface area contributed by atoms with E-state index in [-0.39, 0.29) is 9.92 Å². The van der Waals surface area contributed by atoms with E-state index in [1.807, 2.05) is 0 Å². The average Bonchev–Trinajstić information content (AvgIpc) is 2.48. The van der Waals surface area contributed by atoms with Crippen LogP contribution in [0.15, 0.2) is 53.4 Å². The standard InChI is InChI=1S/C14H13ClFNO3S/c15-12-7-6-11(16)8-14(12)21(19,20)17-13(9-18)10-4-2-1-3-5-10/h1-8,13,17-18H,9H2. The molecule has 0 bridgehead atoms. The molecule has 1 atom stereocenters. The van der Waals surface area contributed by atoms with Crippen LogP contribution in [0, 0.1) is 5.82 Å². The average molecular weight is 330 g/mol. The smallest absolute Gasteiger partial charge is 0.242 e. The van der Waals surface area contributed by atoms with E-state index in [0.717, 1.165) is 12.1 Å². The molecular weight excluding hydrogens is 317 g/mol. The summed E-state index contributed by atoms with van der Waals surface area (Å²) in [6, 6.07) is 10.8. The van der Waals surface area contributed by atoms with Crippen LogP contribution in [0.1, 0.15) is 11.6 Å². The Balaban J connectivity index is 2.34. The number of hydrogen-bond donors (Lipinski definition) is 2. The molecule has 0 amide bonds. The van der Waals surface area contributed by atoms with Gasteiger partial charge >= 0.3 is 0 Å². The Bertz CT molecular complexity index is 722. The van der Waals surface area contributed by atoms with Gasteiger partial charge in [-0.3, -0.25) is 0 Å². The van der Waals surface area contributed by atoms with Crippen molar-refractivity contribution in [2.45, 2.75) is 10.9 Å². The number of nitrogens with one attached hydrogen (secondary N) is 1. The maximum absolute atomic E-state index is 13.2. The number of benzene rings is 2. The second-order valence-electron chi connectivity index (χ2n) is 4.34. The summed E-state index contributed by atoms with van der Waals surface area (Å²) in [5, 5.41) is 9.29. The number of rotatable bonds is 5. The quantitative estimate of drug-likeness (QED) is 0.885. The van der Waals surface area contributed by atoms with Gasteiger partial charge in [-0.15, -0.1) is 0 Å². The summed E-state index contributed by atoms with van der Waals surface area (Å²) in [7, 11) is -4.05. The minimum Gasteiger partial charge on any atom is -0.394 e. The van der Waals surface area contributed by atoms with Crippen LogP contribution in [0.2, 0.25) is 5.02 Å². The maximum atomic E-state index is 13.2. The van der Waals surface area contributed by atoms with Crippen molar-refractivity contribution in [3.8, 4) is 0 Å². The minimum atomic E-state index is -4.05. The summed E-state index contributed by atoms with van der Waals surface area (Å²) in [6.45, 7) is -0.434. The monoisotopic (exact) mass is 329 g/mol. The summed E-state index contributed by atoms with van der Waals surface area (Å²) in [5.74, 6) is -0.708. The number of halogens is 2. The molecule has 0 heterocycles. The summed E-state index contributed by atoms with van der Waals surface area (Å²) in [4.78, 5) is -0.362. The topological polar surface area (TPSA) is 66.4 Å². The van der Waals surface area contributed by atoms with E-state index >= 15 is 0 Å². The van der Waals surface area contributed by atoms with Crippen molar-refractivity contribution in [1.29, 1.82) is 0 Å². The molecule has 0 aliphatic rings. The molecule has 0 fully saturated rings. The molecule has 0 radical (unpaired) electrons. The van der Waals surface area contributed by atoms with Gasteiger partial charge in [0.15, 0.2) is 0 Å². The zero-order valence-corrected chi connectivity index (χ0v) is 12.4. The Morgan fingerprint density at radius 1 is 1.19 bits per heavy atom. The molecule has 2 rings (SSSR count). The molecule has 2 N–H and O–H groups in total.